The SMILES string of the molecule is Cc1cc(C(O)C2CCc3cccnc32)ccc1F. The number of hydrogen-bond donors (Lipinski definition) is 1. The van der Waals surface area contributed by atoms with Crippen LogP contribution in [-0.4, -0.2) is 10.1 Å². The molecule has 2 nitrogen and oxygen atoms in total. The van der Waals surface area contributed by atoms with E-state index in [1.807, 2.05) is 6.07 Å². The fourth-order valence-electron chi connectivity index (χ4n) is 2.84. The average molecular weight is 257 g/mol. The lowest BCUT2D eigenvalue weighted by Crippen LogP contribution is -2.09. The smallest absolute Gasteiger partial charge is 0.126 e. The van der Waals surface area contributed by atoms with E-state index < -0.39 is 6.10 Å². The molecular weight excluding hydrogens is 241 g/mol. The molecule has 0 aliphatic heterocycles. The van der Waals surface area contributed by atoms with E-state index in [2.05, 4.69) is 11.1 Å². The summed E-state index contributed by atoms with van der Waals surface area (Å²) < 4.78 is 13.3. The van der Waals surface area contributed by atoms with Crippen molar-refractivity contribution in [1.29, 1.82) is 0 Å². The lowest BCUT2D eigenvalue weighted by molar-refractivity contribution is 0.143. The number of fused-ring (bicyclic) bond motifs is 1. The molecule has 0 bridgehead atoms. The summed E-state index contributed by atoms with van der Waals surface area (Å²) in [5, 5.41) is 10.5. The molecule has 1 heterocycles. The second-order valence-electron chi connectivity index (χ2n) is 5.15. The molecule has 0 amide bonds. The Morgan fingerprint density at radius 2 is 2.21 bits per heavy atom. The van der Waals surface area contributed by atoms with E-state index in [0.717, 1.165) is 24.1 Å². The van der Waals surface area contributed by atoms with Crippen LogP contribution in [0.25, 0.3) is 0 Å². The van der Waals surface area contributed by atoms with Gasteiger partial charge in [-0.1, -0.05) is 18.2 Å². The van der Waals surface area contributed by atoms with Crippen molar-refractivity contribution in [1.82, 2.24) is 4.98 Å². The number of aryl methyl sites for hydroxylation is 2. The maximum Gasteiger partial charge on any atom is 0.126 e. The van der Waals surface area contributed by atoms with Crippen molar-refractivity contribution in [2.45, 2.75) is 31.8 Å². The van der Waals surface area contributed by atoms with Gasteiger partial charge in [0.2, 0.25) is 0 Å². The number of aromatic nitrogens is 1. The summed E-state index contributed by atoms with van der Waals surface area (Å²) in [6.07, 6.45) is 2.99. The molecule has 0 spiro atoms. The van der Waals surface area contributed by atoms with Gasteiger partial charge in [0.15, 0.2) is 0 Å². The Kier molecular flexibility index (Phi) is 3.07. The normalized spacial score (nSPS) is 19.2. The van der Waals surface area contributed by atoms with E-state index in [4.69, 9.17) is 0 Å². The van der Waals surface area contributed by atoms with Crippen LogP contribution < -0.4 is 0 Å². The summed E-state index contributed by atoms with van der Waals surface area (Å²) in [5.41, 5.74) is 3.53. The highest BCUT2D eigenvalue weighted by atomic mass is 19.1. The van der Waals surface area contributed by atoms with Crippen molar-refractivity contribution >= 4 is 0 Å². The van der Waals surface area contributed by atoms with Gasteiger partial charge in [-0.15, -0.1) is 0 Å². The summed E-state index contributed by atoms with van der Waals surface area (Å²) in [5.74, 6) is -0.220. The summed E-state index contributed by atoms with van der Waals surface area (Å²) in [6, 6.07) is 8.79. The third kappa shape index (κ3) is 2.15. The minimum atomic E-state index is -0.615. The van der Waals surface area contributed by atoms with Crippen molar-refractivity contribution in [3.63, 3.8) is 0 Å². The topological polar surface area (TPSA) is 33.1 Å². The Morgan fingerprint density at radius 3 is 3.00 bits per heavy atom. The molecule has 1 aliphatic rings. The van der Waals surface area contributed by atoms with Crippen LogP contribution in [0.15, 0.2) is 36.5 Å². The van der Waals surface area contributed by atoms with Crippen LogP contribution in [-0.2, 0) is 6.42 Å². The zero-order chi connectivity index (χ0) is 13.4. The van der Waals surface area contributed by atoms with Crippen LogP contribution in [0.4, 0.5) is 4.39 Å². The van der Waals surface area contributed by atoms with Crippen LogP contribution >= 0.6 is 0 Å². The van der Waals surface area contributed by atoms with Crippen molar-refractivity contribution < 1.29 is 9.50 Å². The summed E-state index contributed by atoms with van der Waals surface area (Å²) in [6.45, 7) is 1.71. The summed E-state index contributed by atoms with van der Waals surface area (Å²) in [4.78, 5) is 4.39. The quantitative estimate of drug-likeness (QED) is 0.895. The van der Waals surface area contributed by atoms with Crippen LogP contribution in [0.5, 0.6) is 0 Å². The van der Waals surface area contributed by atoms with Gasteiger partial charge in [0.25, 0.3) is 0 Å². The van der Waals surface area contributed by atoms with Gasteiger partial charge in [-0.3, -0.25) is 4.98 Å². The maximum absolute atomic E-state index is 13.3. The molecule has 1 aromatic carbocycles. The number of aliphatic hydroxyl groups is 1. The van der Waals surface area contributed by atoms with E-state index >= 15 is 0 Å². The number of pyridine rings is 1. The second-order valence-corrected chi connectivity index (χ2v) is 5.15. The number of rotatable bonds is 2. The predicted octanol–water partition coefficient (Wildman–Crippen LogP) is 3.29. The first-order valence-electron chi connectivity index (χ1n) is 6.54. The molecule has 2 atom stereocenters. The van der Waals surface area contributed by atoms with E-state index in [0.29, 0.717) is 5.56 Å². The van der Waals surface area contributed by atoms with Crippen LogP contribution in [0.2, 0.25) is 0 Å². The molecule has 19 heavy (non-hydrogen) atoms. The monoisotopic (exact) mass is 257 g/mol. The molecule has 0 saturated heterocycles. The first kappa shape index (κ1) is 12.3. The Labute approximate surface area is 111 Å². The van der Waals surface area contributed by atoms with E-state index in [1.165, 1.54) is 11.6 Å². The summed E-state index contributed by atoms with van der Waals surface area (Å²) in [7, 11) is 0. The zero-order valence-corrected chi connectivity index (χ0v) is 10.8. The van der Waals surface area contributed by atoms with Crippen molar-refractivity contribution in [3.8, 4) is 0 Å². The first-order chi connectivity index (χ1) is 9.16. The molecule has 2 unspecified atom stereocenters. The third-order valence-corrected chi connectivity index (χ3v) is 3.91. The minimum Gasteiger partial charge on any atom is -0.388 e. The maximum atomic E-state index is 13.3. The molecule has 0 radical (unpaired) electrons. The van der Waals surface area contributed by atoms with E-state index in [-0.39, 0.29) is 11.7 Å². The van der Waals surface area contributed by atoms with Gasteiger partial charge >= 0.3 is 0 Å². The minimum absolute atomic E-state index is 0.0149. The van der Waals surface area contributed by atoms with Gasteiger partial charge in [-0.25, -0.2) is 4.39 Å². The number of benzene rings is 1. The molecule has 0 fully saturated rings. The van der Waals surface area contributed by atoms with Crippen LogP contribution in [0, 0.1) is 12.7 Å². The lowest BCUT2D eigenvalue weighted by Gasteiger charge is -2.19. The van der Waals surface area contributed by atoms with Crippen molar-refractivity contribution in [2.24, 2.45) is 0 Å². The van der Waals surface area contributed by atoms with Crippen LogP contribution in [0.1, 0.15) is 40.8 Å². The Hall–Kier alpha value is -1.74. The van der Waals surface area contributed by atoms with Gasteiger partial charge in [0.1, 0.15) is 5.82 Å². The highest BCUT2D eigenvalue weighted by Gasteiger charge is 2.30. The highest BCUT2D eigenvalue weighted by Crippen LogP contribution is 2.40. The molecule has 2 aromatic rings. The Morgan fingerprint density at radius 1 is 1.37 bits per heavy atom. The standard InChI is InChI=1S/C16H16FNO/c1-10-9-12(5-7-14(10)17)16(19)13-6-4-11-3-2-8-18-15(11)13/h2-3,5,7-9,13,16,19H,4,6H2,1H3. The van der Waals surface area contributed by atoms with E-state index in [9.17, 15) is 9.50 Å². The molecule has 1 N–H and O–H groups in total. The number of aliphatic hydroxyl groups excluding tert-OH is 1. The van der Waals surface area contributed by atoms with Gasteiger partial charge in [-0.2, -0.15) is 0 Å². The van der Waals surface area contributed by atoms with Gasteiger partial charge in [0.05, 0.1) is 6.10 Å². The molecule has 1 aliphatic carbocycles. The van der Waals surface area contributed by atoms with Gasteiger partial charge in [-0.05, 0) is 48.6 Å². The Bertz CT molecular complexity index is 611. The lowest BCUT2D eigenvalue weighted by atomic mass is 9.92. The largest absolute Gasteiger partial charge is 0.388 e. The molecule has 3 rings (SSSR count). The van der Waals surface area contributed by atoms with Crippen molar-refractivity contribution in [2.75, 3.05) is 0 Å². The van der Waals surface area contributed by atoms with Gasteiger partial charge in [0, 0.05) is 17.8 Å². The highest BCUT2D eigenvalue weighted by molar-refractivity contribution is 5.34. The number of nitrogens with zero attached hydrogens (tertiary/aromatic N) is 1. The Balaban J connectivity index is 1.93. The van der Waals surface area contributed by atoms with Crippen LogP contribution in [0.3, 0.4) is 0 Å². The molecule has 3 heteroatoms. The molecular formula is C16H16FNO. The zero-order valence-electron chi connectivity index (χ0n) is 10.8. The average Bonchev–Trinajstić information content (AvgIpc) is 2.85. The second kappa shape index (κ2) is 4.74. The number of hydrogen-bond acceptors (Lipinski definition) is 2. The molecule has 1 aromatic heterocycles. The number of halogens is 1. The molecule has 98 valence electrons. The van der Waals surface area contributed by atoms with Crippen molar-refractivity contribution in [3.05, 3.63) is 64.7 Å². The third-order valence-electron chi connectivity index (χ3n) is 3.91. The fraction of sp³-hybridized carbons (Fsp3) is 0.312. The predicted molar refractivity (Wildman–Crippen MR) is 71.4 cm³/mol. The molecule has 0 saturated carbocycles. The summed E-state index contributed by atoms with van der Waals surface area (Å²) >= 11 is 0. The first-order valence-corrected chi connectivity index (χ1v) is 6.54. The fourth-order valence-corrected chi connectivity index (χ4v) is 2.84. The van der Waals surface area contributed by atoms with E-state index in [1.54, 1.807) is 25.3 Å². The van der Waals surface area contributed by atoms with Gasteiger partial charge < -0.3 is 5.11 Å².